The average Bonchev–Trinajstić information content (AvgIpc) is 2.40. The highest BCUT2D eigenvalue weighted by atomic mass is 14.4. The highest BCUT2D eigenvalue weighted by Gasteiger charge is 2.36. The van der Waals surface area contributed by atoms with Crippen molar-refractivity contribution < 1.29 is 0 Å². The molecule has 0 N–H and O–H groups in total. The Balaban J connectivity index is 2.29. The zero-order valence-electron chi connectivity index (χ0n) is 9.95. The van der Waals surface area contributed by atoms with Crippen molar-refractivity contribution in [2.45, 2.75) is 44.4 Å². The third kappa shape index (κ3) is 1.97. The Kier molecular flexibility index (Phi) is 3.29. The SMILES string of the molecule is CC(C#N)(c1ccccc1)C1CCCCC1. The van der Waals surface area contributed by atoms with Crippen LogP contribution in [0.25, 0.3) is 0 Å². The van der Waals surface area contributed by atoms with Crippen LogP contribution in [-0.2, 0) is 5.41 Å². The Labute approximate surface area is 98.1 Å². The summed E-state index contributed by atoms with van der Waals surface area (Å²) in [7, 11) is 0. The highest BCUT2D eigenvalue weighted by Crippen LogP contribution is 2.40. The summed E-state index contributed by atoms with van der Waals surface area (Å²) in [6, 6.07) is 12.8. The molecular formula is C15H19N. The van der Waals surface area contributed by atoms with Gasteiger partial charge in [-0.25, -0.2) is 0 Å². The number of nitrogens with zero attached hydrogens (tertiary/aromatic N) is 1. The number of hydrogen-bond acceptors (Lipinski definition) is 1. The molecule has 1 aromatic carbocycles. The summed E-state index contributed by atoms with van der Waals surface area (Å²) in [5.41, 5.74) is 0.895. The van der Waals surface area contributed by atoms with E-state index >= 15 is 0 Å². The maximum Gasteiger partial charge on any atom is 0.0822 e. The molecule has 0 bridgehead atoms. The van der Waals surface area contributed by atoms with E-state index in [1.54, 1.807) is 0 Å². The van der Waals surface area contributed by atoms with Crippen molar-refractivity contribution in [3.05, 3.63) is 35.9 Å². The lowest BCUT2D eigenvalue weighted by Gasteiger charge is -2.34. The number of hydrogen-bond donors (Lipinski definition) is 0. The van der Waals surface area contributed by atoms with Crippen molar-refractivity contribution in [3.8, 4) is 6.07 Å². The lowest BCUT2D eigenvalue weighted by molar-refractivity contribution is 0.267. The fourth-order valence-corrected chi connectivity index (χ4v) is 2.86. The van der Waals surface area contributed by atoms with Gasteiger partial charge in [0.1, 0.15) is 0 Å². The molecule has 0 amide bonds. The van der Waals surface area contributed by atoms with Crippen LogP contribution in [0.4, 0.5) is 0 Å². The summed E-state index contributed by atoms with van der Waals surface area (Å²) < 4.78 is 0. The first-order valence-corrected chi connectivity index (χ1v) is 6.24. The second kappa shape index (κ2) is 4.70. The van der Waals surface area contributed by atoms with Crippen LogP contribution >= 0.6 is 0 Å². The van der Waals surface area contributed by atoms with E-state index in [2.05, 4.69) is 25.1 Å². The molecule has 1 heteroatoms. The van der Waals surface area contributed by atoms with Crippen LogP contribution in [0.2, 0.25) is 0 Å². The predicted octanol–water partition coefficient (Wildman–Crippen LogP) is 4.05. The molecule has 0 aliphatic heterocycles. The second-order valence-corrected chi connectivity index (χ2v) is 5.02. The summed E-state index contributed by atoms with van der Waals surface area (Å²) in [6.07, 6.45) is 6.33. The summed E-state index contributed by atoms with van der Waals surface area (Å²) in [6.45, 7) is 2.11. The van der Waals surface area contributed by atoms with Gasteiger partial charge in [-0.15, -0.1) is 0 Å². The fraction of sp³-hybridized carbons (Fsp3) is 0.533. The molecule has 1 aliphatic carbocycles. The average molecular weight is 213 g/mol. The van der Waals surface area contributed by atoms with E-state index in [1.165, 1.54) is 37.7 Å². The number of nitriles is 1. The lowest BCUT2D eigenvalue weighted by Crippen LogP contribution is -2.32. The van der Waals surface area contributed by atoms with E-state index in [0.717, 1.165) is 0 Å². The number of rotatable bonds is 2. The van der Waals surface area contributed by atoms with Gasteiger partial charge in [0.25, 0.3) is 0 Å². The van der Waals surface area contributed by atoms with Crippen molar-refractivity contribution in [1.82, 2.24) is 0 Å². The van der Waals surface area contributed by atoms with Crippen LogP contribution in [0, 0.1) is 17.2 Å². The molecule has 1 aromatic rings. The molecule has 0 aromatic heterocycles. The van der Waals surface area contributed by atoms with Crippen molar-refractivity contribution in [2.75, 3.05) is 0 Å². The van der Waals surface area contributed by atoms with Crippen LogP contribution in [0.5, 0.6) is 0 Å². The fourth-order valence-electron chi connectivity index (χ4n) is 2.86. The summed E-state index contributed by atoms with van der Waals surface area (Å²) >= 11 is 0. The molecule has 1 saturated carbocycles. The van der Waals surface area contributed by atoms with Gasteiger partial charge in [-0.1, -0.05) is 49.6 Å². The largest absolute Gasteiger partial charge is 0.197 e. The normalized spacial score (nSPS) is 21.0. The molecule has 16 heavy (non-hydrogen) atoms. The van der Waals surface area contributed by atoms with Gasteiger partial charge in [-0.05, 0) is 31.2 Å². The van der Waals surface area contributed by atoms with Gasteiger partial charge in [-0.2, -0.15) is 5.26 Å². The third-order valence-corrected chi connectivity index (χ3v) is 4.03. The van der Waals surface area contributed by atoms with Crippen LogP contribution in [0.3, 0.4) is 0 Å². The molecule has 0 spiro atoms. The molecular weight excluding hydrogens is 194 g/mol. The Morgan fingerprint density at radius 2 is 1.75 bits per heavy atom. The molecule has 0 saturated heterocycles. The molecule has 0 heterocycles. The molecule has 1 atom stereocenters. The quantitative estimate of drug-likeness (QED) is 0.727. The number of benzene rings is 1. The van der Waals surface area contributed by atoms with E-state index in [-0.39, 0.29) is 5.41 Å². The van der Waals surface area contributed by atoms with E-state index in [0.29, 0.717) is 5.92 Å². The van der Waals surface area contributed by atoms with Crippen molar-refractivity contribution in [1.29, 1.82) is 5.26 Å². The smallest absolute Gasteiger partial charge is 0.0822 e. The first kappa shape index (κ1) is 11.2. The summed E-state index contributed by atoms with van der Waals surface area (Å²) in [4.78, 5) is 0. The molecule has 1 aliphatic rings. The van der Waals surface area contributed by atoms with Gasteiger partial charge >= 0.3 is 0 Å². The minimum atomic E-state index is -0.290. The van der Waals surface area contributed by atoms with Crippen LogP contribution in [-0.4, -0.2) is 0 Å². The Morgan fingerprint density at radius 3 is 2.31 bits per heavy atom. The third-order valence-electron chi connectivity index (χ3n) is 4.03. The minimum Gasteiger partial charge on any atom is -0.197 e. The van der Waals surface area contributed by atoms with Gasteiger partial charge in [0, 0.05) is 0 Å². The van der Waals surface area contributed by atoms with E-state index in [9.17, 15) is 5.26 Å². The summed E-state index contributed by atoms with van der Waals surface area (Å²) in [5, 5.41) is 9.54. The molecule has 1 nitrogen and oxygen atoms in total. The van der Waals surface area contributed by atoms with Gasteiger partial charge in [0.15, 0.2) is 0 Å². The maximum absolute atomic E-state index is 9.54. The Morgan fingerprint density at radius 1 is 1.12 bits per heavy atom. The minimum absolute atomic E-state index is 0.290. The Bertz CT molecular complexity index is 370. The monoisotopic (exact) mass is 213 g/mol. The molecule has 1 fully saturated rings. The van der Waals surface area contributed by atoms with Gasteiger partial charge in [0.2, 0.25) is 0 Å². The predicted molar refractivity (Wildman–Crippen MR) is 66.0 cm³/mol. The van der Waals surface area contributed by atoms with Crippen molar-refractivity contribution in [3.63, 3.8) is 0 Å². The van der Waals surface area contributed by atoms with Gasteiger partial charge in [-0.3, -0.25) is 0 Å². The van der Waals surface area contributed by atoms with Crippen LogP contribution in [0.1, 0.15) is 44.6 Å². The maximum atomic E-state index is 9.54. The van der Waals surface area contributed by atoms with Crippen LogP contribution in [0.15, 0.2) is 30.3 Å². The van der Waals surface area contributed by atoms with Crippen LogP contribution < -0.4 is 0 Å². The molecule has 2 rings (SSSR count). The van der Waals surface area contributed by atoms with E-state index in [1.807, 2.05) is 18.2 Å². The van der Waals surface area contributed by atoms with Gasteiger partial charge in [0.05, 0.1) is 11.5 Å². The Hall–Kier alpha value is -1.29. The van der Waals surface area contributed by atoms with Gasteiger partial charge < -0.3 is 0 Å². The molecule has 0 radical (unpaired) electrons. The zero-order chi connectivity index (χ0) is 11.4. The van der Waals surface area contributed by atoms with E-state index in [4.69, 9.17) is 0 Å². The second-order valence-electron chi connectivity index (χ2n) is 5.02. The zero-order valence-corrected chi connectivity index (χ0v) is 9.95. The standard InChI is InChI=1S/C15H19N/c1-15(12-16,13-8-4-2-5-9-13)14-10-6-3-7-11-14/h2,4-5,8-9,14H,3,6-7,10-11H2,1H3. The van der Waals surface area contributed by atoms with Crippen molar-refractivity contribution >= 4 is 0 Å². The van der Waals surface area contributed by atoms with E-state index < -0.39 is 0 Å². The molecule has 1 unspecified atom stereocenters. The summed E-state index contributed by atoms with van der Waals surface area (Å²) in [5.74, 6) is 0.536. The first-order chi connectivity index (χ1) is 7.77. The lowest BCUT2D eigenvalue weighted by atomic mass is 9.67. The molecule has 84 valence electrons. The van der Waals surface area contributed by atoms with Crippen molar-refractivity contribution in [2.24, 2.45) is 5.92 Å². The first-order valence-electron chi connectivity index (χ1n) is 6.24. The topological polar surface area (TPSA) is 23.8 Å². The highest BCUT2D eigenvalue weighted by molar-refractivity contribution is 5.32.